The third kappa shape index (κ3) is 6.98. The van der Waals surface area contributed by atoms with Gasteiger partial charge in [-0.25, -0.2) is 0 Å². The quantitative estimate of drug-likeness (QED) is 0.132. The van der Waals surface area contributed by atoms with Gasteiger partial charge in [0.2, 0.25) is 0 Å². The summed E-state index contributed by atoms with van der Waals surface area (Å²) < 4.78 is 0. The molecule has 0 aromatic heterocycles. The molecule has 0 aliphatic heterocycles. The molecule has 1 nitrogen and oxygen atoms in total. The van der Waals surface area contributed by atoms with Crippen LogP contribution in [0.5, 0.6) is 0 Å². The Labute approximate surface area is 407 Å². The summed E-state index contributed by atoms with van der Waals surface area (Å²) in [5.74, 6) is 2.54. The molecule has 0 spiro atoms. The first-order chi connectivity index (χ1) is 34.2. The fraction of sp³-hybridized carbons (Fsp3) is 0.118. The second kappa shape index (κ2) is 17.3. The lowest BCUT2D eigenvalue weighted by atomic mass is 9.67. The molecule has 69 heavy (non-hydrogen) atoms. The molecule has 330 valence electrons. The molecular formula is C68H53N. The molecule has 2 saturated carbocycles. The molecule has 0 radical (unpaired) electrons. The van der Waals surface area contributed by atoms with Gasteiger partial charge in [-0.3, -0.25) is 0 Å². The predicted molar refractivity (Wildman–Crippen MR) is 288 cm³/mol. The van der Waals surface area contributed by atoms with Gasteiger partial charge in [-0.2, -0.15) is 0 Å². The van der Waals surface area contributed by atoms with Gasteiger partial charge < -0.3 is 4.90 Å². The van der Waals surface area contributed by atoms with E-state index >= 15 is 0 Å². The van der Waals surface area contributed by atoms with Crippen LogP contribution in [0.1, 0.15) is 59.4 Å². The Morgan fingerprint density at radius 1 is 0.348 bits per heavy atom. The number of nitrogens with zero attached hydrogens (tertiary/aromatic N) is 1. The highest BCUT2D eigenvalue weighted by Gasteiger charge is 2.47. The van der Waals surface area contributed by atoms with E-state index in [2.05, 4.69) is 260 Å². The Kier molecular flexibility index (Phi) is 10.3. The maximum absolute atomic E-state index is 2.51. The fourth-order valence-corrected chi connectivity index (χ4v) is 12.8. The Morgan fingerprint density at radius 2 is 0.884 bits per heavy atom. The predicted octanol–water partition coefficient (Wildman–Crippen LogP) is 18.1. The molecule has 0 N–H and O–H groups in total. The zero-order valence-electron chi connectivity index (χ0n) is 38.8. The average molecular weight is 884 g/mol. The van der Waals surface area contributed by atoms with E-state index in [0.29, 0.717) is 0 Å². The zero-order chi connectivity index (χ0) is 45.7. The lowest BCUT2D eigenvalue weighted by Crippen LogP contribution is -2.28. The van der Waals surface area contributed by atoms with Crippen molar-refractivity contribution in [2.24, 2.45) is 11.8 Å². The second-order valence-electron chi connectivity index (χ2n) is 19.5. The topological polar surface area (TPSA) is 3.24 Å². The van der Waals surface area contributed by atoms with E-state index < -0.39 is 5.41 Å². The number of hydrogen-bond donors (Lipinski definition) is 0. The molecule has 10 aromatic rings. The number of benzene rings is 10. The van der Waals surface area contributed by atoms with Crippen molar-refractivity contribution in [2.45, 2.75) is 37.0 Å². The summed E-state index contributed by atoms with van der Waals surface area (Å²) in [7, 11) is 0. The van der Waals surface area contributed by atoms with Crippen molar-refractivity contribution in [1.29, 1.82) is 0 Å². The molecule has 3 aliphatic carbocycles. The van der Waals surface area contributed by atoms with Crippen LogP contribution in [-0.4, -0.2) is 0 Å². The normalized spacial score (nSPS) is 17.3. The van der Waals surface area contributed by atoms with Crippen LogP contribution in [-0.2, 0) is 5.41 Å². The molecule has 0 heterocycles. The maximum Gasteiger partial charge on any atom is 0.0714 e. The molecule has 2 bridgehead atoms. The SMILES string of the molecule is c1ccc(-c2ccccc2-c2ccccc2N(c2ccc(-c3ccc(C4CC5CCC4C5)cc3)cc2)c2ccc3c(c2)C(c2ccccc2)(c2ccccc2)c2cccc(-c4ccccc4)c2-3)cc1. The lowest BCUT2D eigenvalue weighted by Gasteiger charge is -2.35. The summed E-state index contributed by atoms with van der Waals surface area (Å²) >= 11 is 0. The van der Waals surface area contributed by atoms with Gasteiger partial charge in [-0.1, -0.05) is 231 Å². The highest BCUT2D eigenvalue weighted by atomic mass is 15.1. The first-order valence-electron chi connectivity index (χ1n) is 24.9. The minimum atomic E-state index is -0.590. The van der Waals surface area contributed by atoms with Crippen molar-refractivity contribution in [3.8, 4) is 55.6 Å². The molecule has 2 fully saturated rings. The van der Waals surface area contributed by atoms with Crippen LogP contribution in [0.2, 0.25) is 0 Å². The molecule has 3 atom stereocenters. The Morgan fingerprint density at radius 3 is 1.51 bits per heavy atom. The van der Waals surface area contributed by atoms with Crippen molar-refractivity contribution in [3.05, 3.63) is 283 Å². The summed E-state index contributed by atoms with van der Waals surface area (Å²) in [4.78, 5) is 2.50. The van der Waals surface area contributed by atoms with Crippen molar-refractivity contribution >= 4 is 17.1 Å². The van der Waals surface area contributed by atoms with E-state index in [9.17, 15) is 0 Å². The number of rotatable bonds is 10. The maximum atomic E-state index is 2.51. The van der Waals surface area contributed by atoms with Crippen molar-refractivity contribution in [3.63, 3.8) is 0 Å². The zero-order valence-corrected chi connectivity index (χ0v) is 38.8. The van der Waals surface area contributed by atoms with Gasteiger partial charge >= 0.3 is 0 Å². The third-order valence-electron chi connectivity index (χ3n) is 15.9. The first kappa shape index (κ1) is 41.2. The number of fused-ring (bicyclic) bond motifs is 5. The molecule has 13 rings (SSSR count). The lowest BCUT2D eigenvalue weighted by molar-refractivity contribution is 0.420. The monoisotopic (exact) mass is 883 g/mol. The van der Waals surface area contributed by atoms with Crippen molar-refractivity contribution in [2.75, 3.05) is 4.90 Å². The number of para-hydroxylation sites is 1. The average Bonchev–Trinajstić information content (AvgIpc) is 4.16. The van der Waals surface area contributed by atoms with Crippen molar-refractivity contribution < 1.29 is 0 Å². The van der Waals surface area contributed by atoms with Crippen LogP contribution in [0.4, 0.5) is 17.1 Å². The first-order valence-corrected chi connectivity index (χ1v) is 24.9. The van der Waals surface area contributed by atoms with Crippen molar-refractivity contribution in [1.82, 2.24) is 0 Å². The van der Waals surface area contributed by atoms with E-state index in [1.807, 2.05) is 0 Å². The van der Waals surface area contributed by atoms with Gasteiger partial charge in [0, 0.05) is 16.9 Å². The van der Waals surface area contributed by atoms with E-state index in [1.54, 1.807) is 0 Å². The van der Waals surface area contributed by atoms with Crippen LogP contribution in [0.15, 0.2) is 255 Å². The summed E-state index contributed by atoms with van der Waals surface area (Å²) in [6.45, 7) is 0. The summed E-state index contributed by atoms with van der Waals surface area (Å²) in [6.07, 6.45) is 5.63. The number of hydrogen-bond acceptors (Lipinski definition) is 1. The van der Waals surface area contributed by atoms with Gasteiger partial charge in [-0.15, -0.1) is 0 Å². The molecular weight excluding hydrogens is 831 g/mol. The largest absolute Gasteiger partial charge is 0.310 e. The molecule has 0 amide bonds. The Balaban J connectivity index is 1.02. The van der Waals surface area contributed by atoms with Crippen LogP contribution in [0.25, 0.3) is 55.6 Å². The fourth-order valence-electron chi connectivity index (χ4n) is 12.8. The molecule has 1 heteroatoms. The van der Waals surface area contributed by atoms with Gasteiger partial charge in [0.05, 0.1) is 11.1 Å². The van der Waals surface area contributed by atoms with E-state index in [1.165, 1.54) is 109 Å². The van der Waals surface area contributed by atoms with E-state index in [-0.39, 0.29) is 0 Å². The van der Waals surface area contributed by atoms with Crippen LogP contribution >= 0.6 is 0 Å². The molecule has 3 aliphatic rings. The minimum Gasteiger partial charge on any atom is -0.310 e. The van der Waals surface area contributed by atoms with E-state index in [0.717, 1.165) is 34.8 Å². The Hall–Kier alpha value is -8.00. The van der Waals surface area contributed by atoms with Crippen LogP contribution in [0, 0.1) is 11.8 Å². The van der Waals surface area contributed by atoms with Gasteiger partial charge in [0.1, 0.15) is 0 Å². The van der Waals surface area contributed by atoms with E-state index in [4.69, 9.17) is 0 Å². The van der Waals surface area contributed by atoms with Gasteiger partial charge in [0.25, 0.3) is 0 Å². The molecule has 3 unspecified atom stereocenters. The van der Waals surface area contributed by atoms with Crippen LogP contribution < -0.4 is 4.90 Å². The smallest absolute Gasteiger partial charge is 0.0714 e. The highest BCUT2D eigenvalue weighted by molar-refractivity contribution is 5.98. The Bertz CT molecular complexity index is 3390. The molecule has 0 saturated heterocycles. The third-order valence-corrected chi connectivity index (χ3v) is 15.9. The summed E-state index contributed by atoms with van der Waals surface area (Å²) in [6, 6.07) is 95.0. The number of anilines is 3. The van der Waals surface area contributed by atoms with Crippen LogP contribution in [0.3, 0.4) is 0 Å². The minimum absolute atomic E-state index is 0.590. The standard InChI is InChI=1S/C68H53N/c1-5-18-50(19-6-1)58-26-13-14-27-60(58)61-28-15-16-31-66(61)69(56-40-38-49(39-41-56)48-34-36-52(37-35-48)63-45-47-32-33-53(63)44-47)57-42-43-62-65(46-57)68(54-22-9-3-10-23-54,55-24-11-4-12-25-55)64-30-17-29-59(67(62)64)51-20-7-2-8-21-51/h1-31,34-43,46-47,53,63H,32-33,44-45H2. The summed E-state index contributed by atoms with van der Waals surface area (Å²) in [5, 5.41) is 0. The van der Waals surface area contributed by atoms with Gasteiger partial charge in [-0.05, 0) is 145 Å². The highest BCUT2D eigenvalue weighted by Crippen LogP contribution is 2.60. The van der Waals surface area contributed by atoms with Gasteiger partial charge in [0.15, 0.2) is 0 Å². The summed E-state index contributed by atoms with van der Waals surface area (Å²) in [5.41, 5.74) is 21.6. The molecule has 10 aromatic carbocycles. The second-order valence-corrected chi connectivity index (χ2v) is 19.5.